The smallest absolute Gasteiger partial charge is 0.462 e. The molecule has 3 N–H and O–H groups in total. The summed E-state index contributed by atoms with van der Waals surface area (Å²) in [4.78, 5) is 72.8. The van der Waals surface area contributed by atoms with Crippen LogP contribution in [0.1, 0.15) is 389 Å². The van der Waals surface area contributed by atoms with Crippen molar-refractivity contribution in [3.63, 3.8) is 0 Å². The molecular formula is C77H150O17P2. The molecule has 0 amide bonds. The third kappa shape index (κ3) is 69.2. The first-order valence-corrected chi connectivity index (χ1v) is 42.7. The first kappa shape index (κ1) is 94.1. The standard InChI is InChI=1S/C77H150O17P2/c1-9-70(8)56-48-40-35-36-42-50-58-75(80)88-64-73(93-76(81)59-51-43-33-26-22-17-13-11-10-12-15-19-23-29-37-45-53-67(2)3)66-92-96(85,86)90-62-71(78)61-89-95(83,84)91-65-72(94-77(82)60-52-44-34-28-27-31-39-47-55-69(6)7)63-87-74(79)57-49-41-32-25-21-18-14-16-20-24-30-38-46-54-68(4)5/h67-73,78H,9-66H2,1-8H3,(H,83,84)(H,85,86)/t70?,71-,72-,73-/m1/s1. The summed E-state index contributed by atoms with van der Waals surface area (Å²) in [6.45, 7) is 14.2. The predicted molar refractivity (Wildman–Crippen MR) is 391 cm³/mol. The molecule has 0 saturated heterocycles. The monoisotopic (exact) mass is 1410 g/mol. The van der Waals surface area contributed by atoms with Crippen LogP contribution in [-0.2, 0) is 65.4 Å². The van der Waals surface area contributed by atoms with E-state index < -0.39 is 97.5 Å². The van der Waals surface area contributed by atoms with Crippen molar-refractivity contribution >= 4 is 39.5 Å². The maximum atomic E-state index is 13.1. The Morgan fingerprint density at radius 2 is 0.500 bits per heavy atom. The summed E-state index contributed by atoms with van der Waals surface area (Å²) >= 11 is 0. The SMILES string of the molecule is CCC(C)CCCCCCCCC(=O)OC[C@H](COP(=O)(O)OC[C@H](O)COP(=O)(O)OC[C@@H](COC(=O)CCCCCCCCCCCCCCCC(C)C)OC(=O)CCCCCCCCCCC(C)C)OC(=O)CCCCCCCCCCCCCCCCCCC(C)C. The van der Waals surface area contributed by atoms with E-state index in [0.29, 0.717) is 25.7 Å². The number of unbranched alkanes of at least 4 members (excludes halogenated alkanes) is 39. The summed E-state index contributed by atoms with van der Waals surface area (Å²) < 4.78 is 68.5. The van der Waals surface area contributed by atoms with Gasteiger partial charge in [0, 0.05) is 25.7 Å². The van der Waals surface area contributed by atoms with Crippen LogP contribution in [0.3, 0.4) is 0 Å². The second-order valence-corrected chi connectivity index (χ2v) is 32.3. The van der Waals surface area contributed by atoms with Gasteiger partial charge in [0.2, 0.25) is 0 Å². The molecule has 0 heterocycles. The Morgan fingerprint density at radius 3 is 0.740 bits per heavy atom. The van der Waals surface area contributed by atoms with Gasteiger partial charge in [-0.3, -0.25) is 37.3 Å². The second-order valence-electron chi connectivity index (χ2n) is 29.4. The Kier molecular flexibility index (Phi) is 65.0. The van der Waals surface area contributed by atoms with E-state index in [2.05, 4.69) is 55.4 Å². The molecule has 96 heavy (non-hydrogen) atoms. The number of carbonyl (C=O) groups is 4. The van der Waals surface area contributed by atoms with Crippen molar-refractivity contribution in [3.8, 4) is 0 Å². The minimum atomic E-state index is -4.96. The summed E-state index contributed by atoms with van der Waals surface area (Å²) in [7, 11) is -9.91. The summed E-state index contributed by atoms with van der Waals surface area (Å²) in [6.07, 6.45) is 51.5. The molecular weight excluding hydrogens is 1260 g/mol. The van der Waals surface area contributed by atoms with Gasteiger partial charge >= 0.3 is 39.5 Å². The van der Waals surface area contributed by atoms with E-state index in [1.165, 1.54) is 186 Å². The van der Waals surface area contributed by atoms with Crippen molar-refractivity contribution in [2.24, 2.45) is 23.7 Å². The average molecular weight is 1410 g/mol. The molecule has 0 fully saturated rings. The lowest BCUT2D eigenvalue weighted by Gasteiger charge is -2.21. The summed E-state index contributed by atoms with van der Waals surface area (Å²) in [5, 5.41) is 10.6. The van der Waals surface area contributed by atoms with Gasteiger partial charge in [-0.1, -0.05) is 338 Å². The van der Waals surface area contributed by atoms with Gasteiger partial charge < -0.3 is 33.8 Å². The van der Waals surface area contributed by atoms with Crippen LogP contribution in [0, 0.1) is 23.7 Å². The van der Waals surface area contributed by atoms with Crippen LogP contribution < -0.4 is 0 Å². The number of phosphoric ester groups is 2. The van der Waals surface area contributed by atoms with Crippen molar-refractivity contribution in [2.75, 3.05) is 39.6 Å². The highest BCUT2D eigenvalue weighted by atomic mass is 31.2. The number of ether oxygens (including phenoxy) is 4. The largest absolute Gasteiger partial charge is 0.472 e. The molecule has 0 bridgehead atoms. The summed E-state index contributed by atoms with van der Waals surface area (Å²) in [6, 6.07) is 0. The average Bonchev–Trinajstić information content (AvgIpc) is 1.29. The summed E-state index contributed by atoms with van der Waals surface area (Å²) in [5.41, 5.74) is 0. The zero-order valence-electron chi connectivity index (χ0n) is 63.0. The van der Waals surface area contributed by atoms with E-state index in [0.717, 1.165) is 120 Å². The molecule has 0 aliphatic rings. The molecule has 0 radical (unpaired) electrons. The Balaban J connectivity index is 5.20. The Bertz CT molecular complexity index is 1890. The number of aliphatic hydroxyl groups is 1. The molecule has 6 atom stereocenters. The van der Waals surface area contributed by atoms with Crippen LogP contribution >= 0.6 is 15.6 Å². The molecule has 0 saturated carbocycles. The van der Waals surface area contributed by atoms with Crippen molar-refractivity contribution in [1.29, 1.82) is 0 Å². The van der Waals surface area contributed by atoms with Crippen LogP contribution in [0.4, 0.5) is 0 Å². The van der Waals surface area contributed by atoms with Crippen molar-refractivity contribution in [3.05, 3.63) is 0 Å². The van der Waals surface area contributed by atoms with E-state index in [1.807, 2.05) is 0 Å². The third-order valence-corrected chi connectivity index (χ3v) is 20.1. The number of esters is 4. The predicted octanol–water partition coefficient (Wildman–Crippen LogP) is 22.4. The number of aliphatic hydroxyl groups excluding tert-OH is 1. The van der Waals surface area contributed by atoms with Gasteiger partial charge in [0.1, 0.15) is 19.3 Å². The zero-order chi connectivity index (χ0) is 71.0. The minimum absolute atomic E-state index is 0.104. The van der Waals surface area contributed by atoms with Gasteiger partial charge in [-0.2, -0.15) is 0 Å². The molecule has 0 aliphatic heterocycles. The lowest BCUT2D eigenvalue weighted by Crippen LogP contribution is -2.30. The van der Waals surface area contributed by atoms with Crippen LogP contribution in [0.15, 0.2) is 0 Å². The van der Waals surface area contributed by atoms with Gasteiger partial charge in [-0.25, -0.2) is 9.13 Å². The van der Waals surface area contributed by atoms with Gasteiger partial charge in [0.05, 0.1) is 26.4 Å². The van der Waals surface area contributed by atoms with Gasteiger partial charge in [-0.05, 0) is 49.4 Å². The third-order valence-electron chi connectivity index (χ3n) is 18.2. The van der Waals surface area contributed by atoms with E-state index in [4.69, 9.17) is 37.0 Å². The lowest BCUT2D eigenvalue weighted by molar-refractivity contribution is -0.161. The molecule has 17 nitrogen and oxygen atoms in total. The quantitative estimate of drug-likeness (QED) is 0.0222. The number of hydrogen-bond donors (Lipinski definition) is 3. The molecule has 0 aromatic carbocycles. The first-order chi connectivity index (χ1) is 46.1. The van der Waals surface area contributed by atoms with E-state index in [9.17, 15) is 43.2 Å². The molecule has 0 aliphatic carbocycles. The first-order valence-electron chi connectivity index (χ1n) is 39.7. The fraction of sp³-hybridized carbons (Fsp3) is 0.948. The highest BCUT2D eigenvalue weighted by molar-refractivity contribution is 7.47. The van der Waals surface area contributed by atoms with Crippen molar-refractivity contribution in [1.82, 2.24) is 0 Å². The molecule has 3 unspecified atom stereocenters. The fourth-order valence-electron chi connectivity index (χ4n) is 11.7. The Labute approximate surface area is 588 Å². The molecule has 0 spiro atoms. The normalized spacial score (nSPS) is 14.4. The van der Waals surface area contributed by atoms with Crippen molar-refractivity contribution < 1.29 is 80.2 Å². The summed E-state index contributed by atoms with van der Waals surface area (Å²) in [5.74, 6) is 0.927. The Morgan fingerprint density at radius 1 is 0.292 bits per heavy atom. The van der Waals surface area contributed by atoms with Crippen LogP contribution in [0.2, 0.25) is 0 Å². The van der Waals surface area contributed by atoms with Crippen molar-refractivity contribution in [2.45, 2.75) is 408 Å². The number of phosphoric acid groups is 2. The molecule has 19 heteroatoms. The zero-order valence-corrected chi connectivity index (χ0v) is 64.8. The van der Waals surface area contributed by atoms with Crippen LogP contribution in [-0.4, -0.2) is 96.7 Å². The minimum Gasteiger partial charge on any atom is -0.462 e. The highest BCUT2D eigenvalue weighted by Crippen LogP contribution is 2.45. The van der Waals surface area contributed by atoms with Gasteiger partial charge in [0.25, 0.3) is 0 Å². The second kappa shape index (κ2) is 66.3. The number of hydrogen-bond acceptors (Lipinski definition) is 15. The Hall–Kier alpha value is -1.94. The number of rotatable bonds is 74. The maximum Gasteiger partial charge on any atom is 0.472 e. The molecule has 0 rings (SSSR count). The molecule has 0 aromatic rings. The van der Waals surface area contributed by atoms with E-state index >= 15 is 0 Å². The van der Waals surface area contributed by atoms with E-state index in [1.54, 1.807) is 0 Å². The van der Waals surface area contributed by atoms with Gasteiger partial charge in [-0.15, -0.1) is 0 Å². The lowest BCUT2D eigenvalue weighted by atomic mass is 10.00. The highest BCUT2D eigenvalue weighted by Gasteiger charge is 2.30. The van der Waals surface area contributed by atoms with Crippen LogP contribution in [0.25, 0.3) is 0 Å². The molecule has 570 valence electrons. The topological polar surface area (TPSA) is 237 Å². The maximum absolute atomic E-state index is 13.1. The van der Waals surface area contributed by atoms with E-state index in [-0.39, 0.29) is 25.7 Å². The number of carbonyl (C=O) groups excluding carboxylic acids is 4. The van der Waals surface area contributed by atoms with Crippen LogP contribution in [0.5, 0.6) is 0 Å². The van der Waals surface area contributed by atoms with Gasteiger partial charge in [0.15, 0.2) is 12.2 Å². The molecule has 0 aromatic heterocycles. The fourth-order valence-corrected chi connectivity index (χ4v) is 13.3.